The van der Waals surface area contributed by atoms with E-state index in [1.54, 1.807) is 13.0 Å². The molecule has 88 valence electrons. The summed E-state index contributed by atoms with van der Waals surface area (Å²) >= 11 is 0. The second kappa shape index (κ2) is 4.93. The Bertz CT molecular complexity index is 359. The van der Waals surface area contributed by atoms with E-state index in [0.29, 0.717) is 12.1 Å². The van der Waals surface area contributed by atoms with Crippen LogP contribution in [0, 0.1) is 12.7 Å². The average molecular weight is 222 g/mol. The van der Waals surface area contributed by atoms with Gasteiger partial charge in [-0.15, -0.1) is 0 Å². The molecule has 0 radical (unpaired) electrons. The van der Waals surface area contributed by atoms with Crippen LogP contribution in [0.25, 0.3) is 0 Å². The zero-order valence-electron chi connectivity index (χ0n) is 9.75. The maximum atomic E-state index is 13.2. The van der Waals surface area contributed by atoms with Crippen molar-refractivity contribution in [2.75, 3.05) is 19.6 Å². The van der Waals surface area contributed by atoms with Crippen molar-refractivity contribution < 1.29 is 4.39 Å². The van der Waals surface area contributed by atoms with E-state index in [-0.39, 0.29) is 11.9 Å². The zero-order chi connectivity index (χ0) is 11.5. The van der Waals surface area contributed by atoms with Crippen molar-refractivity contribution >= 4 is 0 Å². The predicted octanol–water partition coefficient (Wildman–Crippen LogP) is 2.23. The van der Waals surface area contributed by atoms with Crippen LogP contribution >= 0.6 is 0 Å². The number of nitrogens with two attached hydrogens (primary N) is 1. The number of nitrogens with zero attached hydrogens (tertiary/aromatic N) is 1. The summed E-state index contributed by atoms with van der Waals surface area (Å²) in [5.41, 5.74) is 7.68. The van der Waals surface area contributed by atoms with Gasteiger partial charge in [0, 0.05) is 12.6 Å². The second-order valence-corrected chi connectivity index (χ2v) is 4.50. The van der Waals surface area contributed by atoms with E-state index in [1.807, 2.05) is 12.1 Å². The fourth-order valence-electron chi connectivity index (χ4n) is 2.42. The highest BCUT2D eigenvalue weighted by atomic mass is 19.1. The molecule has 0 spiro atoms. The van der Waals surface area contributed by atoms with Crippen LogP contribution in [-0.4, -0.2) is 24.5 Å². The third kappa shape index (κ3) is 2.25. The van der Waals surface area contributed by atoms with Crippen LogP contribution in [0.4, 0.5) is 4.39 Å². The Kier molecular flexibility index (Phi) is 3.56. The number of rotatable bonds is 3. The zero-order valence-corrected chi connectivity index (χ0v) is 9.75. The van der Waals surface area contributed by atoms with E-state index < -0.39 is 0 Å². The number of hydrogen-bond acceptors (Lipinski definition) is 2. The first-order valence-electron chi connectivity index (χ1n) is 5.92. The molecule has 0 amide bonds. The fourth-order valence-corrected chi connectivity index (χ4v) is 2.42. The van der Waals surface area contributed by atoms with Gasteiger partial charge in [-0.25, -0.2) is 4.39 Å². The fraction of sp³-hybridized carbons (Fsp3) is 0.538. The van der Waals surface area contributed by atoms with E-state index in [9.17, 15) is 4.39 Å². The van der Waals surface area contributed by atoms with Gasteiger partial charge in [-0.3, -0.25) is 4.90 Å². The molecular weight excluding hydrogens is 203 g/mol. The lowest BCUT2D eigenvalue weighted by Gasteiger charge is -2.26. The van der Waals surface area contributed by atoms with Gasteiger partial charge in [-0.2, -0.15) is 0 Å². The Morgan fingerprint density at radius 1 is 1.38 bits per heavy atom. The summed E-state index contributed by atoms with van der Waals surface area (Å²) in [4.78, 5) is 2.40. The van der Waals surface area contributed by atoms with Crippen molar-refractivity contribution in [1.29, 1.82) is 0 Å². The van der Waals surface area contributed by atoms with Crippen molar-refractivity contribution in [3.8, 4) is 0 Å². The van der Waals surface area contributed by atoms with E-state index in [2.05, 4.69) is 4.90 Å². The van der Waals surface area contributed by atoms with Gasteiger partial charge in [0.2, 0.25) is 0 Å². The topological polar surface area (TPSA) is 29.3 Å². The molecule has 1 aliphatic heterocycles. The van der Waals surface area contributed by atoms with E-state index in [1.165, 1.54) is 12.8 Å². The minimum Gasteiger partial charge on any atom is -0.329 e. The maximum Gasteiger partial charge on any atom is 0.126 e. The van der Waals surface area contributed by atoms with Crippen molar-refractivity contribution in [2.45, 2.75) is 25.8 Å². The number of halogens is 1. The molecule has 2 rings (SSSR count). The van der Waals surface area contributed by atoms with Gasteiger partial charge >= 0.3 is 0 Å². The molecule has 16 heavy (non-hydrogen) atoms. The van der Waals surface area contributed by atoms with Crippen LogP contribution in [0.15, 0.2) is 18.2 Å². The Labute approximate surface area is 96.2 Å². The van der Waals surface area contributed by atoms with Gasteiger partial charge in [0.25, 0.3) is 0 Å². The molecule has 0 saturated carbocycles. The Morgan fingerprint density at radius 3 is 2.62 bits per heavy atom. The van der Waals surface area contributed by atoms with Gasteiger partial charge in [-0.1, -0.05) is 12.1 Å². The summed E-state index contributed by atoms with van der Waals surface area (Å²) in [6.07, 6.45) is 2.49. The molecule has 1 aromatic rings. The number of likely N-dealkylation sites (tertiary alicyclic amines) is 1. The first-order valence-corrected chi connectivity index (χ1v) is 5.92. The molecule has 1 atom stereocenters. The largest absolute Gasteiger partial charge is 0.329 e. The van der Waals surface area contributed by atoms with Gasteiger partial charge < -0.3 is 5.73 Å². The minimum absolute atomic E-state index is 0.138. The number of aryl methyl sites for hydroxylation is 1. The van der Waals surface area contributed by atoms with Crippen molar-refractivity contribution in [2.24, 2.45) is 5.73 Å². The van der Waals surface area contributed by atoms with Crippen LogP contribution in [0.1, 0.15) is 30.0 Å². The molecule has 2 nitrogen and oxygen atoms in total. The molecule has 2 N–H and O–H groups in total. The molecule has 1 heterocycles. The SMILES string of the molecule is Cc1cc(C(CN)N2CCCC2)ccc1F. The molecular formula is C13H19FN2. The van der Waals surface area contributed by atoms with Gasteiger partial charge in [0.15, 0.2) is 0 Å². The summed E-state index contributed by atoms with van der Waals surface area (Å²) in [6, 6.07) is 5.58. The smallest absolute Gasteiger partial charge is 0.126 e. The van der Waals surface area contributed by atoms with Crippen LogP contribution < -0.4 is 5.73 Å². The maximum absolute atomic E-state index is 13.2. The van der Waals surface area contributed by atoms with Gasteiger partial charge in [-0.05, 0) is 50.0 Å². The summed E-state index contributed by atoms with van der Waals surface area (Å²) in [6.45, 7) is 4.62. The molecule has 3 heteroatoms. The molecule has 1 fully saturated rings. The lowest BCUT2D eigenvalue weighted by molar-refractivity contribution is 0.251. The molecule has 0 bridgehead atoms. The van der Waals surface area contributed by atoms with Crippen LogP contribution in [0.2, 0.25) is 0 Å². The highest BCUT2D eigenvalue weighted by molar-refractivity contribution is 5.27. The predicted molar refractivity (Wildman–Crippen MR) is 63.7 cm³/mol. The van der Waals surface area contributed by atoms with Gasteiger partial charge in [0.1, 0.15) is 5.82 Å². The molecule has 1 aliphatic rings. The average Bonchev–Trinajstić information content (AvgIpc) is 2.78. The second-order valence-electron chi connectivity index (χ2n) is 4.50. The molecule has 0 aromatic heterocycles. The third-order valence-corrected chi connectivity index (χ3v) is 3.37. The summed E-state index contributed by atoms with van der Waals surface area (Å²) in [5, 5.41) is 0. The molecule has 0 aliphatic carbocycles. The van der Waals surface area contributed by atoms with Gasteiger partial charge in [0.05, 0.1) is 0 Å². The van der Waals surface area contributed by atoms with E-state index in [0.717, 1.165) is 18.7 Å². The number of benzene rings is 1. The molecule has 1 saturated heterocycles. The van der Waals surface area contributed by atoms with Crippen LogP contribution in [0.5, 0.6) is 0 Å². The first kappa shape index (κ1) is 11.6. The summed E-state index contributed by atoms with van der Waals surface area (Å²) in [5.74, 6) is -0.138. The van der Waals surface area contributed by atoms with Crippen LogP contribution in [0.3, 0.4) is 0 Å². The lowest BCUT2D eigenvalue weighted by Crippen LogP contribution is -2.31. The van der Waals surface area contributed by atoms with Crippen molar-refractivity contribution in [3.05, 3.63) is 35.1 Å². The molecule has 1 unspecified atom stereocenters. The van der Waals surface area contributed by atoms with E-state index >= 15 is 0 Å². The Balaban J connectivity index is 2.22. The van der Waals surface area contributed by atoms with Crippen molar-refractivity contribution in [1.82, 2.24) is 4.90 Å². The molecule has 1 aromatic carbocycles. The Hall–Kier alpha value is -0.930. The highest BCUT2D eigenvalue weighted by Crippen LogP contribution is 2.25. The summed E-state index contributed by atoms with van der Waals surface area (Å²) in [7, 11) is 0. The van der Waals surface area contributed by atoms with E-state index in [4.69, 9.17) is 5.73 Å². The summed E-state index contributed by atoms with van der Waals surface area (Å²) < 4.78 is 13.2. The minimum atomic E-state index is -0.138. The lowest BCUT2D eigenvalue weighted by atomic mass is 10.0. The normalized spacial score (nSPS) is 18.9. The monoisotopic (exact) mass is 222 g/mol. The Morgan fingerprint density at radius 2 is 2.06 bits per heavy atom. The first-order chi connectivity index (χ1) is 7.72. The number of hydrogen-bond donors (Lipinski definition) is 1. The quantitative estimate of drug-likeness (QED) is 0.849. The highest BCUT2D eigenvalue weighted by Gasteiger charge is 2.22. The van der Waals surface area contributed by atoms with Crippen molar-refractivity contribution in [3.63, 3.8) is 0 Å². The standard InChI is InChI=1S/C13H19FN2/c1-10-8-11(4-5-12(10)14)13(9-15)16-6-2-3-7-16/h4-5,8,13H,2-3,6-7,9,15H2,1H3. The third-order valence-electron chi connectivity index (χ3n) is 3.37. The van der Waals surface area contributed by atoms with Crippen LogP contribution in [-0.2, 0) is 0 Å².